The summed E-state index contributed by atoms with van der Waals surface area (Å²) in [7, 11) is 4.10. The van der Waals surface area contributed by atoms with E-state index in [0.29, 0.717) is 6.04 Å². The molecule has 0 aromatic carbocycles. The first kappa shape index (κ1) is 15.1. The lowest BCUT2D eigenvalue weighted by molar-refractivity contribution is 0.223. The highest BCUT2D eigenvalue weighted by molar-refractivity contribution is 4.91. The lowest BCUT2D eigenvalue weighted by Crippen LogP contribution is -2.40. The quantitative estimate of drug-likeness (QED) is 0.678. The highest BCUT2D eigenvalue weighted by Gasteiger charge is 2.12. The van der Waals surface area contributed by atoms with Gasteiger partial charge in [0.15, 0.2) is 0 Å². The summed E-state index contributed by atoms with van der Waals surface area (Å²) in [6, 6.07) is 0.347. The van der Waals surface area contributed by atoms with E-state index in [2.05, 4.69) is 29.2 Å². The normalized spacial score (nSPS) is 13.2. The van der Waals surface area contributed by atoms with E-state index < -0.39 is 0 Å². The van der Waals surface area contributed by atoms with Gasteiger partial charge in [0.25, 0.3) is 0 Å². The third kappa shape index (κ3) is 5.16. The van der Waals surface area contributed by atoms with Gasteiger partial charge in [0.2, 0.25) is 0 Å². The Balaban J connectivity index is 2.40. The minimum atomic E-state index is 0.234. The van der Waals surface area contributed by atoms with Crippen LogP contribution in [0.25, 0.3) is 0 Å². The fourth-order valence-electron chi connectivity index (χ4n) is 1.99. The van der Waals surface area contributed by atoms with Crippen LogP contribution in [0.5, 0.6) is 0 Å². The second-order valence-corrected chi connectivity index (χ2v) is 4.81. The second-order valence-electron chi connectivity index (χ2n) is 4.81. The predicted octanol–water partition coefficient (Wildman–Crippen LogP) is 0.602. The van der Waals surface area contributed by atoms with E-state index in [1.165, 1.54) is 0 Å². The molecule has 18 heavy (non-hydrogen) atoms. The molecule has 0 bridgehead atoms. The van der Waals surface area contributed by atoms with Gasteiger partial charge in [-0.15, -0.1) is 0 Å². The zero-order valence-electron chi connectivity index (χ0n) is 11.8. The molecule has 0 radical (unpaired) electrons. The van der Waals surface area contributed by atoms with E-state index in [-0.39, 0.29) is 6.61 Å². The molecular weight excluding hydrogens is 228 g/mol. The molecule has 1 aromatic heterocycles. The van der Waals surface area contributed by atoms with Gasteiger partial charge in [0.1, 0.15) is 5.82 Å². The van der Waals surface area contributed by atoms with Crippen LogP contribution >= 0.6 is 0 Å². The van der Waals surface area contributed by atoms with Crippen molar-refractivity contribution in [2.75, 3.05) is 26.7 Å². The van der Waals surface area contributed by atoms with Gasteiger partial charge in [-0.1, -0.05) is 6.92 Å². The first-order valence-electron chi connectivity index (χ1n) is 6.66. The summed E-state index contributed by atoms with van der Waals surface area (Å²) in [4.78, 5) is 6.56. The summed E-state index contributed by atoms with van der Waals surface area (Å²) in [5, 5.41) is 12.5. The van der Waals surface area contributed by atoms with Crippen LogP contribution < -0.4 is 5.32 Å². The van der Waals surface area contributed by atoms with Gasteiger partial charge in [-0.05, 0) is 26.4 Å². The van der Waals surface area contributed by atoms with Gasteiger partial charge in [-0.25, -0.2) is 4.98 Å². The molecule has 0 aliphatic carbocycles. The number of rotatable bonds is 9. The van der Waals surface area contributed by atoms with E-state index >= 15 is 0 Å². The van der Waals surface area contributed by atoms with E-state index in [1.807, 2.05) is 24.0 Å². The second kappa shape index (κ2) is 8.24. The average Bonchev–Trinajstić information content (AvgIpc) is 2.72. The Kier molecular flexibility index (Phi) is 6.93. The average molecular weight is 254 g/mol. The van der Waals surface area contributed by atoms with Crippen molar-refractivity contribution >= 4 is 0 Å². The van der Waals surface area contributed by atoms with Gasteiger partial charge >= 0.3 is 0 Å². The minimum absolute atomic E-state index is 0.234. The van der Waals surface area contributed by atoms with Crippen LogP contribution in [-0.4, -0.2) is 52.3 Å². The van der Waals surface area contributed by atoms with Crippen LogP contribution in [0.3, 0.4) is 0 Å². The largest absolute Gasteiger partial charge is 0.396 e. The van der Waals surface area contributed by atoms with E-state index in [1.54, 1.807) is 0 Å². The first-order chi connectivity index (χ1) is 8.67. The summed E-state index contributed by atoms with van der Waals surface area (Å²) in [6.07, 6.45) is 5.70. The Morgan fingerprint density at radius 2 is 2.33 bits per heavy atom. The SMILES string of the molecule is CCCNC(CCO)CN(C)Cc1nccn1C. The summed E-state index contributed by atoms with van der Waals surface area (Å²) in [6.45, 7) is 5.14. The Hall–Kier alpha value is -0.910. The molecular formula is C13H26N4O. The van der Waals surface area contributed by atoms with Gasteiger partial charge in [0, 0.05) is 38.6 Å². The molecule has 0 amide bonds. The smallest absolute Gasteiger partial charge is 0.122 e. The number of aromatic nitrogens is 2. The zero-order valence-corrected chi connectivity index (χ0v) is 11.8. The van der Waals surface area contributed by atoms with Crippen LogP contribution in [0.4, 0.5) is 0 Å². The number of hydrogen-bond donors (Lipinski definition) is 2. The predicted molar refractivity (Wildman–Crippen MR) is 73.3 cm³/mol. The third-order valence-electron chi connectivity index (χ3n) is 3.02. The number of hydrogen-bond acceptors (Lipinski definition) is 4. The van der Waals surface area contributed by atoms with Crippen molar-refractivity contribution in [2.24, 2.45) is 7.05 Å². The molecule has 0 saturated carbocycles. The lowest BCUT2D eigenvalue weighted by Gasteiger charge is -2.24. The Morgan fingerprint density at radius 3 is 2.89 bits per heavy atom. The summed E-state index contributed by atoms with van der Waals surface area (Å²) < 4.78 is 2.04. The molecule has 0 aliphatic heterocycles. The number of aliphatic hydroxyl groups excluding tert-OH is 1. The Labute approximate surface area is 110 Å². The molecule has 104 valence electrons. The maximum Gasteiger partial charge on any atom is 0.122 e. The van der Waals surface area contributed by atoms with Crippen molar-refractivity contribution in [3.05, 3.63) is 18.2 Å². The van der Waals surface area contributed by atoms with Gasteiger partial charge < -0.3 is 15.0 Å². The van der Waals surface area contributed by atoms with Crippen LogP contribution in [0.2, 0.25) is 0 Å². The highest BCUT2D eigenvalue weighted by Crippen LogP contribution is 2.02. The van der Waals surface area contributed by atoms with Crippen molar-refractivity contribution in [3.8, 4) is 0 Å². The van der Waals surface area contributed by atoms with Crippen molar-refractivity contribution in [1.29, 1.82) is 0 Å². The number of nitrogens with zero attached hydrogens (tertiary/aromatic N) is 3. The molecule has 0 aliphatic rings. The molecule has 2 N–H and O–H groups in total. The van der Waals surface area contributed by atoms with Gasteiger partial charge in [0.05, 0.1) is 6.54 Å². The number of imidazole rings is 1. The molecule has 0 saturated heterocycles. The fraction of sp³-hybridized carbons (Fsp3) is 0.769. The molecule has 1 unspecified atom stereocenters. The lowest BCUT2D eigenvalue weighted by atomic mass is 10.2. The molecule has 0 fully saturated rings. The van der Waals surface area contributed by atoms with Crippen LogP contribution in [0, 0.1) is 0 Å². The van der Waals surface area contributed by atoms with E-state index in [4.69, 9.17) is 5.11 Å². The summed E-state index contributed by atoms with van der Waals surface area (Å²) in [5.41, 5.74) is 0. The molecule has 1 heterocycles. The molecule has 5 nitrogen and oxygen atoms in total. The molecule has 5 heteroatoms. The molecule has 1 rings (SSSR count). The van der Waals surface area contributed by atoms with Crippen molar-refractivity contribution in [1.82, 2.24) is 19.8 Å². The van der Waals surface area contributed by atoms with Crippen molar-refractivity contribution < 1.29 is 5.11 Å². The standard InChI is InChI=1S/C13H26N4O/c1-4-6-14-12(5-9-18)10-16(2)11-13-15-7-8-17(13)3/h7-8,12,14,18H,4-6,9-11H2,1-3H3. The van der Waals surface area contributed by atoms with Crippen LogP contribution in [0.1, 0.15) is 25.6 Å². The van der Waals surface area contributed by atoms with E-state index in [0.717, 1.165) is 38.3 Å². The summed E-state index contributed by atoms with van der Waals surface area (Å²) in [5.74, 6) is 1.07. The number of nitrogens with one attached hydrogen (secondary N) is 1. The molecule has 0 spiro atoms. The van der Waals surface area contributed by atoms with Gasteiger partial charge in [-0.3, -0.25) is 4.90 Å². The Morgan fingerprint density at radius 1 is 1.56 bits per heavy atom. The van der Waals surface area contributed by atoms with Crippen LogP contribution in [0.15, 0.2) is 12.4 Å². The summed E-state index contributed by atoms with van der Waals surface area (Å²) >= 11 is 0. The Bertz CT molecular complexity index is 327. The maximum atomic E-state index is 9.07. The van der Waals surface area contributed by atoms with E-state index in [9.17, 15) is 0 Å². The molecule has 1 atom stereocenters. The van der Waals surface area contributed by atoms with Crippen molar-refractivity contribution in [2.45, 2.75) is 32.4 Å². The van der Waals surface area contributed by atoms with Crippen molar-refractivity contribution in [3.63, 3.8) is 0 Å². The maximum absolute atomic E-state index is 9.07. The monoisotopic (exact) mass is 254 g/mol. The topological polar surface area (TPSA) is 53.3 Å². The zero-order chi connectivity index (χ0) is 13.4. The first-order valence-corrected chi connectivity index (χ1v) is 6.66. The number of likely N-dealkylation sites (N-methyl/N-ethyl adjacent to an activating group) is 1. The molecule has 1 aromatic rings. The van der Waals surface area contributed by atoms with Gasteiger partial charge in [-0.2, -0.15) is 0 Å². The van der Waals surface area contributed by atoms with Crippen LogP contribution in [-0.2, 0) is 13.6 Å². The number of aliphatic hydroxyl groups is 1. The highest BCUT2D eigenvalue weighted by atomic mass is 16.3. The minimum Gasteiger partial charge on any atom is -0.396 e. The number of aryl methyl sites for hydroxylation is 1. The fourth-order valence-corrected chi connectivity index (χ4v) is 1.99. The third-order valence-corrected chi connectivity index (χ3v) is 3.02.